The van der Waals surface area contributed by atoms with E-state index in [1.165, 1.54) is 0 Å². The molecule has 15 heavy (non-hydrogen) atoms. The molecule has 1 aromatic heterocycles. The Kier molecular flexibility index (Phi) is 4.23. The summed E-state index contributed by atoms with van der Waals surface area (Å²) in [6.07, 6.45) is 1.07. The summed E-state index contributed by atoms with van der Waals surface area (Å²) in [4.78, 5) is 10.8. The van der Waals surface area contributed by atoms with Crippen molar-refractivity contribution < 1.29 is 9.53 Å². The van der Waals surface area contributed by atoms with Crippen LogP contribution in [-0.4, -0.2) is 28.0 Å². The lowest BCUT2D eigenvalue weighted by Gasteiger charge is -2.04. The van der Waals surface area contributed by atoms with E-state index in [2.05, 4.69) is 10.3 Å². The predicted octanol–water partition coefficient (Wildman–Crippen LogP) is -0.138. The highest BCUT2D eigenvalue weighted by atomic mass is 16.5. The van der Waals surface area contributed by atoms with E-state index in [9.17, 15) is 4.79 Å². The molecule has 0 fully saturated rings. The average Bonchev–Trinajstić information content (AvgIpc) is 2.51. The first-order chi connectivity index (χ1) is 7.19. The van der Waals surface area contributed by atoms with Crippen molar-refractivity contribution in [3.05, 3.63) is 11.4 Å². The minimum absolute atomic E-state index is 0.113. The smallest absolute Gasteiger partial charge is 0.223 e. The highest BCUT2D eigenvalue weighted by Crippen LogP contribution is 2.08. The number of ether oxygens (including phenoxy) is 1. The molecule has 0 atom stereocenters. The number of aromatic nitrogens is 3. The van der Waals surface area contributed by atoms with Crippen molar-refractivity contribution in [2.75, 3.05) is 7.11 Å². The number of amides is 1. The average molecular weight is 212 g/mol. The Bertz CT molecular complexity index is 335. The van der Waals surface area contributed by atoms with Gasteiger partial charge in [-0.1, -0.05) is 12.1 Å². The number of carbonyl (C=O) groups excluding carboxylic acids is 1. The van der Waals surface area contributed by atoms with Gasteiger partial charge in [-0.05, 0) is 6.42 Å². The Morgan fingerprint density at radius 3 is 2.87 bits per heavy atom. The molecule has 0 saturated carbocycles. The van der Waals surface area contributed by atoms with E-state index >= 15 is 0 Å². The first-order valence-electron chi connectivity index (χ1n) is 4.87. The standard InChI is InChI=1S/C9H16N4O2/c1-3-4-13-8(6-15-2)7(11-12-13)5-9(10)14/h3-6H2,1-2H3,(H2,10,14). The van der Waals surface area contributed by atoms with E-state index in [0.29, 0.717) is 12.3 Å². The number of methoxy groups -OCH3 is 1. The van der Waals surface area contributed by atoms with Crippen molar-refractivity contribution >= 4 is 5.91 Å². The van der Waals surface area contributed by atoms with E-state index < -0.39 is 5.91 Å². The van der Waals surface area contributed by atoms with Crippen LogP contribution in [0.4, 0.5) is 0 Å². The van der Waals surface area contributed by atoms with Crippen LogP contribution in [0, 0.1) is 0 Å². The minimum atomic E-state index is -0.407. The second kappa shape index (κ2) is 5.45. The van der Waals surface area contributed by atoms with E-state index in [4.69, 9.17) is 10.5 Å². The molecule has 2 N–H and O–H groups in total. The Morgan fingerprint density at radius 1 is 1.60 bits per heavy atom. The predicted molar refractivity (Wildman–Crippen MR) is 53.9 cm³/mol. The lowest BCUT2D eigenvalue weighted by molar-refractivity contribution is -0.117. The fourth-order valence-corrected chi connectivity index (χ4v) is 1.36. The van der Waals surface area contributed by atoms with Crippen LogP contribution in [0.5, 0.6) is 0 Å². The second-order valence-electron chi connectivity index (χ2n) is 3.28. The third-order valence-corrected chi connectivity index (χ3v) is 1.98. The fourth-order valence-electron chi connectivity index (χ4n) is 1.36. The summed E-state index contributed by atoms with van der Waals surface area (Å²) < 4.78 is 6.79. The fraction of sp³-hybridized carbons (Fsp3) is 0.667. The normalized spacial score (nSPS) is 10.5. The summed E-state index contributed by atoms with van der Waals surface area (Å²) in [5.41, 5.74) is 6.56. The van der Waals surface area contributed by atoms with Crippen LogP contribution in [0.3, 0.4) is 0 Å². The molecule has 0 aliphatic carbocycles. The van der Waals surface area contributed by atoms with Gasteiger partial charge in [0.05, 0.1) is 24.4 Å². The van der Waals surface area contributed by atoms with Crippen LogP contribution >= 0.6 is 0 Å². The SMILES string of the molecule is CCCn1nnc(CC(N)=O)c1COC. The van der Waals surface area contributed by atoms with Gasteiger partial charge in [0.1, 0.15) is 0 Å². The topological polar surface area (TPSA) is 83.0 Å². The number of hydrogen-bond donors (Lipinski definition) is 1. The Morgan fingerprint density at radius 2 is 2.33 bits per heavy atom. The minimum Gasteiger partial charge on any atom is -0.378 e. The summed E-state index contributed by atoms with van der Waals surface area (Å²) in [6.45, 7) is 3.21. The highest BCUT2D eigenvalue weighted by Gasteiger charge is 2.13. The van der Waals surface area contributed by atoms with Crippen LogP contribution < -0.4 is 5.73 Å². The van der Waals surface area contributed by atoms with Gasteiger partial charge in [-0.15, -0.1) is 5.10 Å². The highest BCUT2D eigenvalue weighted by molar-refractivity contribution is 5.76. The molecule has 1 amide bonds. The zero-order chi connectivity index (χ0) is 11.3. The van der Waals surface area contributed by atoms with Crippen molar-refractivity contribution in [3.8, 4) is 0 Å². The molecule has 0 bridgehead atoms. The molecule has 84 valence electrons. The summed E-state index contributed by atoms with van der Waals surface area (Å²) in [5, 5.41) is 7.88. The molecule has 6 heteroatoms. The summed E-state index contributed by atoms with van der Waals surface area (Å²) in [5.74, 6) is -0.407. The quantitative estimate of drug-likeness (QED) is 0.711. The third kappa shape index (κ3) is 3.02. The number of carbonyl (C=O) groups is 1. The molecule has 0 radical (unpaired) electrons. The van der Waals surface area contributed by atoms with Gasteiger partial charge in [0.15, 0.2) is 0 Å². The summed E-state index contributed by atoms with van der Waals surface area (Å²) >= 11 is 0. The summed E-state index contributed by atoms with van der Waals surface area (Å²) in [6, 6.07) is 0. The molecule has 1 aromatic rings. The maximum Gasteiger partial charge on any atom is 0.223 e. The molecular weight excluding hydrogens is 196 g/mol. The van der Waals surface area contributed by atoms with E-state index in [-0.39, 0.29) is 6.42 Å². The van der Waals surface area contributed by atoms with Crippen LogP contribution in [0.1, 0.15) is 24.7 Å². The van der Waals surface area contributed by atoms with E-state index in [0.717, 1.165) is 18.7 Å². The van der Waals surface area contributed by atoms with Crippen molar-refractivity contribution in [3.63, 3.8) is 0 Å². The monoisotopic (exact) mass is 212 g/mol. The van der Waals surface area contributed by atoms with Crippen molar-refractivity contribution in [1.82, 2.24) is 15.0 Å². The van der Waals surface area contributed by atoms with Gasteiger partial charge in [-0.3, -0.25) is 4.79 Å². The van der Waals surface area contributed by atoms with E-state index in [1.807, 2.05) is 6.92 Å². The number of primary amides is 1. The molecular formula is C9H16N4O2. The van der Waals surface area contributed by atoms with Gasteiger partial charge in [-0.25, -0.2) is 4.68 Å². The van der Waals surface area contributed by atoms with Gasteiger partial charge in [-0.2, -0.15) is 0 Å². The van der Waals surface area contributed by atoms with E-state index in [1.54, 1.807) is 11.8 Å². The van der Waals surface area contributed by atoms with Crippen LogP contribution in [0.25, 0.3) is 0 Å². The molecule has 0 aromatic carbocycles. The largest absolute Gasteiger partial charge is 0.378 e. The van der Waals surface area contributed by atoms with Gasteiger partial charge >= 0.3 is 0 Å². The molecule has 1 heterocycles. The molecule has 0 spiro atoms. The molecule has 0 saturated heterocycles. The Balaban J connectivity index is 2.89. The second-order valence-corrected chi connectivity index (χ2v) is 3.28. The van der Waals surface area contributed by atoms with Gasteiger partial charge in [0, 0.05) is 13.7 Å². The third-order valence-electron chi connectivity index (χ3n) is 1.98. The lowest BCUT2D eigenvalue weighted by atomic mass is 10.2. The maximum atomic E-state index is 10.8. The first-order valence-corrected chi connectivity index (χ1v) is 4.87. The zero-order valence-corrected chi connectivity index (χ0v) is 9.06. The van der Waals surface area contributed by atoms with Crippen LogP contribution in [-0.2, 0) is 29.1 Å². The zero-order valence-electron chi connectivity index (χ0n) is 9.06. The van der Waals surface area contributed by atoms with Crippen molar-refractivity contribution in [1.29, 1.82) is 0 Å². The van der Waals surface area contributed by atoms with Crippen molar-refractivity contribution in [2.45, 2.75) is 32.9 Å². The number of hydrogen-bond acceptors (Lipinski definition) is 4. The first kappa shape index (κ1) is 11.6. The van der Waals surface area contributed by atoms with Gasteiger partial charge < -0.3 is 10.5 Å². The Labute approximate surface area is 88.4 Å². The Hall–Kier alpha value is -1.43. The molecule has 1 rings (SSSR count). The molecule has 0 aliphatic heterocycles. The van der Waals surface area contributed by atoms with Crippen molar-refractivity contribution in [2.24, 2.45) is 5.73 Å². The molecule has 0 unspecified atom stereocenters. The molecule has 0 aliphatic rings. The molecule has 6 nitrogen and oxygen atoms in total. The number of nitrogens with two attached hydrogens (primary N) is 1. The number of aryl methyl sites for hydroxylation is 1. The summed E-state index contributed by atoms with van der Waals surface area (Å²) in [7, 11) is 1.59. The lowest BCUT2D eigenvalue weighted by Crippen LogP contribution is -2.16. The number of nitrogens with zero attached hydrogens (tertiary/aromatic N) is 3. The number of rotatable bonds is 6. The van der Waals surface area contributed by atoms with Gasteiger partial charge in [0.25, 0.3) is 0 Å². The van der Waals surface area contributed by atoms with Crippen LogP contribution in [0.15, 0.2) is 0 Å². The van der Waals surface area contributed by atoms with Crippen LogP contribution in [0.2, 0.25) is 0 Å². The maximum absolute atomic E-state index is 10.8. The van der Waals surface area contributed by atoms with Gasteiger partial charge in [0.2, 0.25) is 5.91 Å².